The number of urea groups is 1. The van der Waals surface area contributed by atoms with Gasteiger partial charge in [0.1, 0.15) is 17.7 Å². The fourth-order valence-electron chi connectivity index (χ4n) is 3.11. The van der Waals surface area contributed by atoms with Crippen molar-refractivity contribution in [3.05, 3.63) is 0 Å². The second-order valence-electron chi connectivity index (χ2n) is 7.50. The Labute approximate surface area is 156 Å². The number of carbonyl (C=O) groups is 4. The average Bonchev–Trinajstić information content (AvgIpc) is 2.86. The highest BCUT2D eigenvalue weighted by molar-refractivity contribution is 6.05. The third kappa shape index (κ3) is 3.98. The van der Waals surface area contributed by atoms with Crippen LogP contribution in [0.5, 0.6) is 0 Å². The Balaban J connectivity index is 1.72. The fourth-order valence-corrected chi connectivity index (χ4v) is 3.11. The normalized spacial score (nSPS) is 26.1. The summed E-state index contributed by atoms with van der Waals surface area (Å²) in [6.07, 6.45) is -0.804. The molecule has 2 atom stereocenters. The SMILES string of the molecule is CC(C)(C)OC(=O)C1CNCC2C(=O)N(OC(=O)N3CCOCC3)C(=O)N12. The van der Waals surface area contributed by atoms with Gasteiger partial charge in [0.25, 0.3) is 5.91 Å². The molecule has 11 nitrogen and oxygen atoms in total. The summed E-state index contributed by atoms with van der Waals surface area (Å²) in [6, 6.07) is -2.75. The van der Waals surface area contributed by atoms with Crippen molar-refractivity contribution >= 4 is 24.0 Å². The zero-order valence-electron chi connectivity index (χ0n) is 15.6. The van der Waals surface area contributed by atoms with E-state index in [1.807, 2.05) is 0 Å². The molecule has 0 aromatic carbocycles. The highest BCUT2D eigenvalue weighted by Gasteiger charge is 2.54. The van der Waals surface area contributed by atoms with Gasteiger partial charge in [0.2, 0.25) is 0 Å². The molecule has 3 aliphatic rings. The smallest absolute Gasteiger partial charge is 0.435 e. The molecule has 4 amide bonds. The van der Waals surface area contributed by atoms with Gasteiger partial charge in [-0.15, -0.1) is 0 Å². The zero-order chi connectivity index (χ0) is 19.8. The van der Waals surface area contributed by atoms with Crippen molar-refractivity contribution < 1.29 is 33.5 Å². The Morgan fingerprint density at radius 3 is 2.44 bits per heavy atom. The molecule has 27 heavy (non-hydrogen) atoms. The molecule has 11 heteroatoms. The largest absolute Gasteiger partial charge is 0.458 e. The number of carbonyl (C=O) groups excluding carboxylic acids is 4. The number of hydrogen-bond donors (Lipinski definition) is 1. The molecule has 150 valence electrons. The minimum Gasteiger partial charge on any atom is -0.458 e. The van der Waals surface area contributed by atoms with Gasteiger partial charge in [0, 0.05) is 26.2 Å². The molecular formula is C16H24N4O7. The number of morpholine rings is 1. The van der Waals surface area contributed by atoms with E-state index in [1.54, 1.807) is 20.8 Å². The quantitative estimate of drug-likeness (QED) is 0.491. The second-order valence-corrected chi connectivity index (χ2v) is 7.50. The van der Waals surface area contributed by atoms with Gasteiger partial charge in [-0.1, -0.05) is 5.06 Å². The number of nitrogens with one attached hydrogen (secondary N) is 1. The van der Waals surface area contributed by atoms with Gasteiger partial charge in [-0.3, -0.25) is 9.69 Å². The molecule has 0 bridgehead atoms. The Morgan fingerprint density at radius 1 is 1.15 bits per heavy atom. The van der Waals surface area contributed by atoms with Gasteiger partial charge in [-0.25, -0.2) is 14.4 Å². The first kappa shape index (κ1) is 19.4. The van der Waals surface area contributed by atoms with E-state index in [-0.39, 0.29) is 13.1 Å². The van der Waals surface area contributed by atoms with Crippen molar-refractivity contribution in [3.63, 3.8) is 0 Å². The van der Waals surface area contributed by atoms with E-state index in [9.17, 15) is 19.2 Å². The van der Waals surface area contributed by atoms with E-state index >= 15 is 0 Å². The number of rotatable bonds is 2. The summed E-state index contributed by atoms with van der Waals surface area (Å²) in [6.45, 7) is 6.79. The summed E-state index contributed by atoms with van der Waals surface area (Å²) >= 11 is 0. The lowest BCUT2D eigenvalue weighted by Crippen LogP contribution is -2.60. The molecule has 2 unspecified atom stereocenters. The van der Waals surface area contributed by atoms with Gasteiger partial charge in [-0.05, 0) is 20.8 Å². The lowest BCUT2D eigenvalue weighted by molar-refractivity contribution is -0.161. The molecule has 3 aliphatic heterocycles. The predicted molar refractivity (Wildman–Crippen MR) is 89.2 cm³/mol. The number of piperazine rings is 1. The van der Waals surface area contributed by atoms with Crippen LogP contribution in [0.15, 0.2) is 0 Å². The first-order valence-electron chi connectivity index (χ1n) is 8.83. The summed E-state index contributed by atoms with van der Waals surface area (Å²) in [5, 5.41) is 3.39. The first-order valence-corrected chi connectivity index (χ1v) is 8.83. The Hall–Kier alpha value is -2.40. The van der Waals surface area contributed by atoms with Crippen LogP contribution in [-0.2, 0) is 23.9 Å². The number of ether oxygens (including phenoxy) is 2. The number of hydrogen-bond acceptors (Lipinski definition) is 8. The number of imide groups is 1. The minimum absolute atomic E-state index is 0.148. The van der Waals surface area contributed by atoms with Crippen molar-refractivity contribution in [2.45, 2.75) is 38.5 Å². The zero-order valence-corrected chi connectivity index (χ0v) is 15.6. The predicted octanol–water partition coefficient (Wildman–Crippen LogP) is -0.683. The molecule has 1 N–H and O–H groups in total. The third-order valence-corrected chi connectivity index (χ3v) is 4.34. The maximum absolute atomic E-state index is 12.7. The van der Waals surface area contributed by atoms with Crippen LogP contribution >= 0.6 is 0 Å². The van der Waals surface area contributed by atoms with Crippen molar-refractivity contribution in [3.8, 4) is 0 Å². The van der Waals surface area contributed by atoms with Crippen LogP contribution in [0.3, 0.4) is 0 Å². The van der Waals surface area contributed by atoms with Crippen molar-refractivity contribution in [2.75, 3.05) is 39.4 Å². The molecule has 0 spiro atoms. The fraction of sp³-hybridized carbons (Fsp3) is 0.750. The standard InChI is InChI=1S/C16H24N4O7/c1-16(2,3)26-13(22)11-9-17-8-10-12(21)20(14(23)19(10)11)27-15(24)18-4-6-25-7-5-18/h10-11,17H,4-9H2,1-3H3. The van der Waals surface area contributed by atoms with E-state index in [2.05, 4.69) is 5.32 Å². The summed E-state index contributed by atoms with van der Waals surface area (Å²) in [5.41, 5.74) is -0.737. The Kier molecular flexibility index (Phi) is 5.24. The molecule has 0 saturated carbocycles. The summed E-state index contributed by atoms with van der Waals surface area (Å²) in [5.74, 6) is -1.32. The van der Waals surface area contributed by atoms with Crippen molar-refractivity contribution in [2.24, 2.45) is 0 Å². The Bertz CT molecular complexity index is 641. The van der Waals surface area contributed by atoms with E-state index < -0.39 is 41.7 Å². The molecule has 3 saturated heterocycles. The molecule has 3 fully saturated rings. The monoisotopic (exact) mass is 384 g/mol. The maximum atomic E-state index is 12.7. The van der Waals surface area contributed by atoms with Crippen LogP contribution in [0, 0.1) is 0 Å². The molecule has 3 heterocycles. The van der Waals surface area contributed by atoms with Crippen LogP contribution in [0.25, 0.3) is 0 Å². The molecular weight excluding hydrogens is 360 g/mol. The lowest BCUT2D eigenvalue weighted by Gasteiger charge is -2.35. The number of amides is 4. The first-order chi connectivity index (χ1) is 12.7. The maximum Gasteiger partial charge on any atom is 0.435 e. The van der Waals surface area contributed by atoms with Crippen LogP contribution in [0.4, 0.5) is 9.59 Å². The summed E-state index contributed by atoms with van der Waals surface area (Å²) in [4.78, 5) is 57.5. The number of fused-ring (bicyclic) bond motifs is 1. The average molecular weight is 384 g/mol. The van der Waals surface area contributed by atoms with Gasteiger partial charge in [0.15, 0.2) is 0 Å². The van der Waals surface area contributed by atoms with E-state index in [1.165, 1.54) is 4.90 Å². The minimum atomic E-state index is -0.980. The lowest BCUT2D eigenvalue weighted by atomic mass is 10.1. The molecule has 0 aliphatic carbocycles. The number of esters is 1. The van der Waals surface area contributed by atoms with Crippen LogP contribution in [0.2, 0.25) is 0 Å². The molecule has 0 aromatic rings. The van der Waals surface area contributed by atoms with Crippen LogP contribution in [-0.4, -0.2) is 95.9 Å². The third-order valence-electron chi connectivity index (χ3n) is 4.34. The van der Waals surface area contributed by atoms with E-state index in [4.69, 9.17) is 14.3 Å². The van der Waals surface area contributed by atoms with E-state index in [0.717, 1.165) is 4.90 Å². The molecule has 0 aromatic heterocycles. The molecule has 3 rings (SSSR count). The van der Waals surface area contributed by atoms with Crippen LogP contribution in [0.1, 0.15) is 20.8 Å². The Morgan fingerprint density at radius 2 is 1.81 bits per heavy atom. The van der Waals surface area contributed by atoms with Crippen LogP contribution < -0.4 is 5.32 Å². The summed E-state index contributed by atoms with van der Waals surface area (Å²) in [7, 11) is 0. The second kappa shape index (κ2) is 7.31. The van der Waals surface area contributed by atoms with E-state index in [0.29, 0.717) is 31.4 Å². The number of hydroxylamine groups is 2. The highest BCUT2D eigenvalue weighted by atomic mass is 16.7. The highest BCUT2D eigenvalue weighted by Crippen LogP contribution is 2.25. The summed E-state index contributed by atoms with van der Waals surface area (Å²) < 4.78 is 10.5. The van der Waals surface area contributed by atoms with Gasteiger partial charge in [0.05, 0.1) is 13.2 Å². The van der Waals surface area contributed by atoms with Crippen molar-refractivity contribution in [1.82, 2.24) is 20.2 Å². The van der Waals surface area contributed by atoms with Gasteiger partial charge < -0.3 is 24.5 Å². The van der Waals surface area contributed by atoms with Gasteiger partial charge >= 0.3 is 18.1 Å². The number of nitrogens with zero attached hydrogens (tertiary/aromatic N) is 3. The van der Waals surface area contributed by atoms with Crippen molar-refractivity contribution in [1.29, 1.82) is 0 Å². The van der Waals surface area contributed by atoms with Gasteiger partial charge in [-0.2, -0.15) is 0 Å². The molecule has 0 radical (unpaired) electrons. The topological polar surface area (TPSA) is 118 Å².